The molecule has 6 heteroatoms. The molecule has 0 aromatic carbocycles. The van der Waals surface area contributed by atoms with E-state index in [0.29, 0.717) is 0 Å². The Bertz CT molecular complexity index is 434. The lowest BCUT2D eigenvalue weighted by molar-refractivity contribution is 0.596. The van der Waals surface area contributed by atoms with E-state index in [2.05, 4.69) is 42.6 Å². The Morgan fingerprint density at radius 2 is 2.38 bits per heavy atom. The van der Waals surface area contributed by atoms with E-state index in [1.165, 1.54) is 5.56 Å². The van der Waals surface area contributed by atoms with Crippen molar-refractivity contribution in [3.05, 3.63) is 34.2 Å². The highest BCUT2D eigenvalue weighted by Gasteiger charge is 2.02. The van der Waals surface area contributed by atoms with Crippen LogP contribution in [0.2, 0.25) is 0 Å². The summed E-state index contributed by atoms with van der Waals surface area (Å²) in [7, 11) is 1.94. The van der Waals surface area contributed by atoms with Gasteiger partial charge in [-0.15, -0.1) is 0 Å². The van der Waals surface area contributed by atoms with Crippen LogP contribution in [0.4, 0.5) is 0 Å². The Labute approximate surface area is 108 Å². The molecule has 0 aliphatic rings. The molecule has 0 atom stereocenters. The second kappa shape index (κ2) is 5.44. The van der Waals surface area contributed by atoms with Crippen molar-refractivity contribution in [3.63, 3.8) is 0 Å². The second-order valence-electron chi connectivity index (χ2n) is 3.60. The number of aryl methyl sites for hydroxylation is 1. The number of rotatable bonds is 5. The van der Waals surface area contributed by atoms with Crippen molar-refractivity contribution in [3.8, 4) is 0 Å². The van der Waals surface area contributed by atoms with Crippen molar-refractivity contribution >= 4 is 22.6 Å². The number of nitrogens with one attached hydrogen (secondary N) is 1. The van der Waals surface area contributed by atoms with Gasteiger partial charge in [0.2, 0.25) is 0 Å². The minimum atomic E-state index is 0.862. The second-order valence-corrected chi connectivity index (χ2v) is 4.62. The number of halogens is 1. The van der Waals surface area contributed by atoms with Crippen LogP contribution in [-0.4, -0.2) is 25.9 Å². The van der Waals surface area contributed by atoms with Gasteiger partial charge in [-0.25, -0.2) is 4.98 Å². The third kappa shape index (κ3) is 3.05. The zero-order valence-corrected chi connectivity index (χ0v) is 11.3. The van der Waals surface area contributed by atoms with Gasteiger partial charge >= 0.3 is 0 Å². The lowest BCUT2D eigenvalue weighted by atomic mass is 10.3. The molecule has 2 aromatic heterocycles. The lowest BCUT2D eigenvalue weighted by Gasteiger charge is -2.03. The fraction of sp³-hybridized carbons (Fsp3) is 0.400. The molecule has 0 radical (unpaired) electrons. The number of imidazole rings is 1. The van der Waals surface area contributed by atoms with Crippen LogP contribution in [0.25, 0.3) is 0 Å². The van der Waals surface area contributed by atoms with Crippen molar-refractivity contribution in [2.24, 2.45) is 7.05 Å². The van der Waals surface area contributed by atoms with E-state index in [0.717, 1.165) is 23.3 Å². The Balaban J connectivity index is 1.74. The molecule has 2 aromatic rings. The summed E-state index contributed by atoms with van der Waals surface area (Å²) in [6, 6.07) is 0. The van der Waals surface area contributed by atoms with Crippen LogP contribution in [0.15, 0.2) is 24.9 Å². The molecule has 0 unspecified atom stereocenters. The monoisotopic (exact) mass is 331 g/mol. The van der Waals surface area contributed by atoms with Crippen LogP contribution >= 0.6 is 22.6 Å². The average Bonchev–Trinajstić information content (AvgIpc) is 2.84. The molecule has 0 saturated carbocycles. The van der Waals surface area contributed by atoms with E-state index in [1.54, 1.807) is 6.20 Å². The highest BCUT2D eigenvalue weighted by atomic mass is 127. The van der Waals surface area contributed by atoms with Gasteiger partial charge in [0.05, 0.1) is 6.33 Å². The van der Waals surface area contributed by atoms with Crippen molar-refractivity contribution in [2.75, 3.05) is 6.54 Å². The first-order valence-corrected chi connectivity index (χ1v) is 6.18. The van der Waals surface area contributed by atoms with E-state index in [1.807, 2.05) is 30.5 Å². The van der Waals surface area contributed by atoms with Gasteiger partial charge in [0.1, 0.15) is 3.70 Å². The fourth-order valence-corrected chi connectivity index (χ4v) is 2.15. The zero-order chi connectivity index (χ0) is 11.4. The van der Waals surface area contributed by atoms with Crippen LogP contribution in [0.5, 0.6) is 0 Å². The van der Waals surface area contributed by atoms with E-state index in [4.69, 9.17) is 0 Å². The summed E-state index contributed by atoms with van der Waals surface area (Å²) in [5, 5.41) is 7.68. The average molecular weight is 331 g/mol. The molecule has 0 bridgehead atoms. The van der Waals surface area contributed by atoms with Gasteiger partial charge in [-0.3, -0.25) is 4.68 Å². The highest BCUT2D eigenvalue weighted by molar-refractivity contribution is 14.1. The van der Waals surface area contributed by atoms with Gasteiger partial charge in [-0.05, 0) is 22.6 Å². The Kier molecular flexibility index (Phi) is 3.94. The van der Waals surface area contributed by atoms with Crippen LogP contribution < -0.4 is 5.32 Å². The Hall–Kier alpha value is -0.890. The number of hydrogen-bond donors (Lipinski definition) is 1. The molecule has 1 N–H and O–H groups in total. The maximum atomic E-state index is 4.29. The topological polar surface area (TPSA) is 47.7 Å². The summed E-state index contributed by atoms with van der Waals surface area (Å²) in [5.74, 6) is 0. The number of nitrogens with zero attached hydrogens (tertiary/aromatic N) is 4. The minimum Gasteiger partial charge on any atom is -0.336 e. The van der Waals surface area contributed by atoms with Gasteiger partial charge in [0.15, 0.2) is 0 Å². The van der Waals surface area contributed by atoms with Gasteiger partial charge in [-0.2, -0.15) is 5.10 Å². The van der Waals surface area contributed by atoms with Crippen LogP contribution in [0.3, 0.4) is 0 Å². The minimum absolute atomic E-state index is 0.862. The molecular weight excluding hydrogens is 317 g/mol. The first-order valence-electron chi connectivity index (χ1n) is 5.10. The highest BCUT2D eigenvalue weighted by Crippen LogP contribution is 2.08. The third-order valence-corrected chi connectivity index (χ3v) is 3.18. The van der Waals surface area contributed by atoms with Crippen LogP contribution in [0, 0.1) is 3.70 Å². The molecule has 0 spiro atoms. The standard InChI is InChI=1S/C10H14IN5/c1-15-7-9(10(11)14-15)6-12-2-4-16-5-3-13-8-16/h3,5,7-8,12H,2,4,6H2,1H3. The van der Waals surface area contributed by atoms with Crippen molar-refractivity contribution in [2.45, 2.75) is 13.1 Å². The van der Waals surface area contributed by atoms with E-state index >= 15 is 0 Å². The summed E-state index contributed by atoms with van der Waals surface area (Å²) in [6.45, 7) is 2.74. The first-order chi connectivity index (χ1) is 7.75. The quantitative estimate of drug-likeness (QED) is 0.657. The SMILES string of the molecule is Cn1cc(CNCCn2ccnc2)c(I)n1. The van der Waals surface area contributed by atoms with Crippen molar-refractivity contribution in [1.82, 2.24) is 24.6 Å². The molecule has 16 heavy (non-hydrogen) atoms. The van der Waals surface area contributed by atoms with E-state index < -0.39 is 0 Å². The van der Waals surface area contributed by atoms with E-state index in [-0.39, 0.29) is 0 Å². The van der Waals surface area contributed by atoms with Crippen molar-refractivity contribution in [1.29, 1.82) is 0 Å². The summed E-state index contributed by atoms with van der Waals surface area (Å²) >= 11 is 2.26. The van der Waals surface area contributed by atoms with Crippen molar-refractivity contribution < 1.29 is 0 Å². The summed E-state index contributed by atoms with van der Waals surface area (Å²) in [6.07, 6.45) is 7.64. The molecule has 0 amide bonds. The smallest absolute Gasteiger partial charge is 0.127 e. The largest absolute Gasteiger partial charge is 0.336 e. The predicted molar refractivity (Wildman–Crippen MR) is 69.9 cm³/mol. The van der Waals surface area contributed by atoms with Gasteiger partial charge < -0.3 is 9.88 Å². The normalized spacial score (nSPS) is 10.9. The summed E-state index contributed by atoms with van der Waals surface area (Å²) in [4.78, 5) is 4.00. The Morgan fingerprint density at radius 3 is 3.00 bits per heavy atom. The van der Waals surface area contributed by atoms with Crippen LogP contribution in [0.1, 0.15) is 5.56 Å². The Morgan fingerprint density at radius 1 is 1.50 bits per heavy atom. The number of aromatic nitrogens is 4. The zero-order valence-electron chi connectivity index (χ0n) is 9.10. The maximum Gasteiger partial charge on any atom is 0.127 e. The predicted octanol–water partition coefficient (Wildman–Crippen LogP) is 1.01. The molecule has 0 aliphatic heterocycles. The molecule has 2 rings (SSSR count). The third-order valence-electron chi connectivity index (χ3n) is 2.27. The molecule has 0 saturated heterocycles. The summed E-state index contributed by atoms with van der Waals surface area (Å²) in [5.41, 5.74) is 1.24. The lowest BCUT2D eigenvalue weighted by Crippen LogP contribution is -2.19. The molecule has 86 valence electrons. The van der Waals surface area contributed by atoms with E-state index in [9.17, 15) is 0 Å². The van der Waals surface area contributed by atoms with Crippen LogP contribution in [-0.2, 0) is 20.1 Å². The molecule has 2 heterocycles. The van der Waals surface area contributed by atoms with Gasteiger partial charge in [0, 0.05) is 50.8 Å². The van der Waals surface area contributed by atoms with Gasteiger partial charge in [-0.1, -0.05) is 0 Å². The molecule has 5 nitrogen and oxygen atoms in total. The molecule has 0 aliphatic carbocycles. The number of hydrogen-bond acceptors (Lipinski definition) is 3. The molecule has 0 fully saturated rings. The van der Waals surface area contributed by atoms with Gasteiger partial charge in [0.25, 0.3) is 0 Å². The first kappa shape index (κ1) is 11.6. The summed E-state index contributed by atoms with van der Waals surface area (Å²) < 4.78 is 4.96. The maximum absolute atomic E-state index is 4.29. The fourth-order valence-electron chi connectivity index (χ4n) is 1.48. The molecular formula is C10H14IN5.